The zero-order valence-electron chi connectivity index (χ0n) is 14.7. The molecule has 5 nitrogen and oxygen atoms in total. The molecule has 0 saturated heterocycles. The number of methoxy groups -OCH3 is 1. The van der Waals surface area contributed by atoms with E-state index in [4.69, 9.17) is 9.47 Å². The highest BCUT2D eigenvalue weighted by atomic mass is 16.5. The van der Waals surface area contributed by atoms with Crippen molar-refractivity contribution in [3.63, 3.8) is 0 Å². The van der Waals surface area contributed by atoms with Crippen molar-refractivity contribution in [1.29, 1.82) is 0 Å². The first-order valence-electron chi connectivity index (χ1n) is 8.39. The minimum atomic E-state index is -0.173. The molecular formula is C20H24N2O3. The van der Waals surface area contributed by atoms with Crippen molar-refractivity contribution >= 4 is 12.0 Å². The van der Waals surface area contributed by atoms with Gasteiger partial charge in [-0.05, 0) is 42.3 Å². The zero-order chi connectivity index (χ0) is 17.9. The van der Waals surface area contributed by atoms with Crippen LogP contribution in [0.3, 0.4) is 0 Å². The Hall–Kier alpha value is -2.82. The van der Waals surface area contributed by atoms with Crippen LogP contribution in [0.2, 0.25) is 0 Å². The number of hydrogen-bond acceptors (Lipinski definition) is 4. The van der Waals surface area contributed by atoms with E-state index in [-0.39, 0.29) is 5.91 Å². The van der Waals surface area contributed by atoms with E-state index in [2.05, 4.69) is 17.2 Å². The summed E-state index contributed by atoms with van der Waals surface area (Å²) in [5.41, 5.74) is 1.69. The highest BCUT2D eigenvalue weighted by Gasteiger charge is 2.05. The van der Waals surface area contributed by atoms with Gasteiger partial charge in [0.05, 0.1) is 26.0 Å². The average Bonchev–Trinajstić information content (AvgIpc) is 2.66. The number of pyridine rings is 1. The molecule has 1 amide bonds. The lowest BCUT2D eigenvalue weighted by Gasteiger charge is -2.10. The summed E-state index contributed by atoms with van der Waals surface area (Å²) >= 11 is 0. The maximum atomic E-state index is 11.9. The van der Waals surface area contributed by atoms with Gasteiger partial charge in [-0.3, -0.25) is 9.78 Å². The summed E-state index contributed by atoms with van der Waals surface area (Å²) in [6.07, 6.45) is 7.02. The Morgan fingerprint density at radius 3 is 2.84 bits per heavy atom. The molecule has 0 radical (unpaired) electrons. The van der Waals surface area contributed by atoms with Gasteiger partial charge in [0, 0.05) is 12.3 Å². The number of rotatable bonds is 9. The number of carbonyl (C=O) groups is 1. The van der Waals surface area contributed by atoms with Gasteiger partial charge in [-0.25, -0.2) is 0 Å². The molecule has 2 aromatic rings. The van der Waals surface area contributed by atoms with Crippen molar-refractivity contribution in [3.8, 4) is 11.5 Å². The molecule has 0 aliphatic rings. The summed E-state index contributed by atoms with van der Waals surface area (Å²) in [4.78, 5) is 16.1. The summed E-state index contributed by atoms with van der Waals surface area (Å²) in [6.45, 7) is 3.18. The average molecular weight is 340 g/mol. The SMILES string of the molecule is CCCCOc1ccc(/C=C/C(=O)NCc2ccccn2)cc1OC. The Morgan fingerprint density at radius 2 is 2.12 bits per heavy atom. The summed E-state index contributed by atoms with van der Waals surface area (Å²) in [6, 6.07) is 11.2. The molecule has 1 heterocycles. The van der Waals surface area contributed by atoms with Crippen LogP contribution in [0.15, 0.2) is 48.7 Å². The van der Waals surface area contributed by atoms with E-state index in [1.807, 2.05) is 36.4 Å². The van der Waals surface area contributed by atoms with Crippen LogP contribution in [0.25, 0.3) is 6.08 Å². The van der Waals surface area contributed by atoms with E-state index in [9.17, 15) is 4.79 Å². The molecular weight excluding hydrogens is 316 g/mol. The molecule has 0 aliphatic heterocycles. The number of hydrogen-bond donors (Lipinski definition) is 1. The number of aromatic nitrogens is 1. The van der Waals surface area contributed by atoms with E-state index in [1.165, 1.54) is 6.08 Å². The lowest BCUT2D eigenvalue weighted by atomic mass is 10.2. The van der Waals surface area contributed by atoms with Crippen molar-refractivity contribution in [2.45, 2.75) is 26.3 Å². The molecule has 1 aromatic heterocycles. The van der Waals surface area contributed by atoms with Gasteiger partial charge in [0.25, 0.3) is 0 Å². The molecule has 0 atom stereocenters. The number of carbonyl (C=O) groups excluding carboxylic acids is 1. The Kier molecular flexibility index (Phi) is 7.50. The van der Waals surface area contributed by atoms with Gasteiger partial charge in [0.1, 0.15) is 0 Å². The maximum Gasteiger partial charge on any atom is 0.244 e. The third-order valence-corrected chi connectivity index (χ3v) is 3.54. The van der Waals surface area contributed by atoms with E-state index in [0.29, 0.717) is 24.7 Å². The molecule has 0 bridgehead atoms. The van der Waals surface area contributed by atoms with Gasteiger partial charge < -0.3 is 14.8 Å². The number of unbranched alkanes of at least 4 members (excludes halogenated alkanes) is 1. The Morgan fingerprint density at radius 1 is 1.24 bits per heavy atom. The van der Waals surface area contributed by atoms with E-state index in [1.54, 1.807) is 19.4 Å². The molecule has 0 aliphatic carbocycles. The minimum absolute atomic E-state index is 0.173. The van der Waals surface area contributed by atoms with Crippen LogP contribution in [0.4, 0.5) is 0 Å². The van der Waals surface area contributed by atoms with Crippen LogP contribution in [0.1, 0.15) is 31.0 Å². The van der Waals surface area contributed by atoms with E-state index in [0.717, 1.165) is 24.1 Å². The summed E-state index contributed by atoms with van der Waals surface area (Å²) < 4.78 is 11.1. The molecule has 1 aromatic carbocycles. The molecule has 1 N–H and O–H groups in total. The molecule has 132 valence electrons. The first kappa shape index (κ1) is 18.5. The predicted molar refractivity (Wildman–Crippen MR) is 98.5 cm³/mol. The quantitative estimate of drug-likeness (QED) is 0.560. The molecule has 0 saturated carbocycles. The number of benzene rings is 1. The van der Waals surface area contributed by atoms with Crippen molar-refractivity contribution in [1.82, 2.24) is 10.3 Å². The van der Waals surface area contributed by atoms with Crippen LogP contribution in [-0.4, -0.2) is 24.6 Å². The fourth-order valence-electron chi connectivity index (χ4n) is 2.14. The summed E-state index contributed by atoms with van der Waals surface area (Å²) in [7, 11) is 1.61. The number of amides is 1. The first-order valence-corrected chi connectivity index (χ1v) is 8.39. The number of nitrogens with zero attached hydrogens (tertiary/aromatic N) is 1. The van der Waals surface area contributed by atoms with Crippen molar-refractivity contribution in [2.24, 2.45) is 0 Å². The molecule has 25 heavy (non-hydrogen) atoms. The van der Waals surface area contributed by atoms with Crippen LogP contribution >= 0.6 is 0 Å². The summed E-state index contributed by atoms with van der Waals surface area (Å²) in [5.74, 6) is 1.20. The van der Waals surface area contributed by atoms with Gasteiger partial charge in [-0.15, -0.1) is 0 Å². The van der Waals surface area contributed by atoms with Crippen LogP contribution in [0, 0.1) is 0 Å². The monoisotopic (exact) mass is 340 g/mol. The van der Waals surface area contributed by atoms with Crippen molar-refractivity contribution in [2.75, 3.05) is 13.7 Å². The second-order valence-corrected chi connectivity index (χ2v) is 5.48. The third kappa shape index (κ3) is 6.30. The zero-order valence-corrected chi connectivity index (χ0v) is 14.7. The fraction of sp³-hybridized carbons (Fsp3) is 0.300. The maximum absolute atomic E-state index is 11.9. The first-order chi connectivity index (χ1) is 12.2. The van der Waals surface area contributed by atoms with E-state index >= 15 is 0 Å². The van der Waals surface area contributed by atoms with Gasteiger partial charge in [0.2, 0.25) is 5.91 Å². The minimum Gasteiger partial charge on any atom is -0.493 e. The normalized spacial score (nSPS) is 10.6. The van der Waals surface area contributed by atoms with Crippen LogP contribution in [0.5, 0.6) is 11.5 Å². The number of ether oxygens (including phenoxy) is 2. The molecule has 0 unspecified atom stereocenters. The van der Waals surface area contributed by atoms with E-state index < -0.39 is 0 Å². The van der Waals surface area contributed by atoms with Crippen LogP contribution in [-0.2, 0) is 11.3 Å². The molecule has 2 rings (SSSR count). The smallest absolute Gasteiger partial charge is 0.244 e. The predicted octanol–water partition coefficient (Wildman–Crippen LogP) is 3.60. The second-order valence-electron chi connectivity index (χ2n) is 5.48. The van der Waals surface area contributed by atoms with Crippen molar-refractivity contribution < 1.29 is 14.3 Å². The number of nitrogens with one attached hydrogen (secondary N) is 1. The highest BCUT2D eigenvalue weighted by Crippen LogP contribution is 2.28. The summed E-state index contributed by atoms with van der Waals surface area (Å²) in [5, 5.41) is 2.80. The fourth-order valence-corrected chi connectivity index (χ4v) is 2.14. The molecule has 0 fully saturated rings. The van der Waals surface area contributed by atoms with Gasteiger partial charge in [-0.2, -0.15) is 0 Å². The Balaban J connectivity index is 1.92. The van der Waals surface area contributed by atoms with Crippen LogP contribution < -0.4 is 14.8 Å². The van der Waals surface area contributed by atoms with Crippen molar-refractivity contribution in [3.05, 3.63) is 59.9 Å². The highest BCUT2D eigenvalue weighted by molar-refractivity contribution is 5.91. The lowest BCUT2D eigenvalue weighted by Crippen LogP contribution is -2.20. The lowest BCUT2D eigenvalue weighted by molar-refractivity contribution is -0.116. The third-order valence-electron chi connectivity index (χ3n) is 3.54. The topological polar surface area (TPSA) is 60.5 Å². The van der Waals surface area contributed by atoms with Gasteiger partial charge >= 0.3 is 0 Å². The molecule has 0 spiro atoms. The standard InChI is InChI=1S/C20H24N2O3/c1-3-4-13-25-18-10-8-16(14-19(18)24-2)9-11-20(23)22-15-17-7-5-6-12-21-17/h5-12,14H,3-4,13,15H2,1-2H3,(H,22,23)/b11-9+. The second kappa shape index (κ2) is 10.1. The molecule has 5 heteroatoms. The van der Waals surface area contributed by atoms with Gasteiger partial charge in [-0.1, -0.05) is 25.5 Å². The van der Waals surface area contributed by atoms with Gasteiger partial charge in [0.15, 0.2) is 11.5 Å². The Labute approximate surface area is 148 Å². The Bertz CT molecular complexity index is 699. The largest absolute Gasteiger partial charge is 0.493 e.